The quantitative estimate of drug-likeness (QED) is 0.854. The largest absolute Gasteiger partial charge is 0.494 e. The fraction of sp³-hybridized carbons (Fsp3) is 0.0769. The zero-order chi connectivity index (χ0) is 14.7. The number of rotatable bonds is 3. The van der Waals surface area contributed by atoms with E-state index in [0.29, 0.717) is 5.69 Å². The predicted molar refractivity (Wildman–Crippen MR) is 74.6 cm³/mol. The van der Waals surface area contributed by atoms with Crippen molar-refractivity contribution in [1.29, 1.82) is 0 Å². The molecule has 2 rings (SSSR count). The molecule has 0 spiro atoms. The van der Waals surface area contributed by atoms with Crippen molar-refractivity contribution in [2.75, 3.05) is 18.2 Å². The summed E-state index contributed by atoms with van der Waals surface area (Å²) in [5.41, 5.74) is 6.23. The summed E-state index contributed by atoms with van der Waals surface area (Å²) in [6.45, 7) is 0. The van der Waals surface area contributed by atoms with E-state index in [9.17, 15) is 9.18 Å². The zero-order valence-corrected chi connectivity index (χ0v) is 11.2. The van der Waals surface area contributed by atoms with E-state index in [-0.39, 0.29) is 22.2 Å². The standard InChI is InChI=1S/C13H11ClFN3O2/c1-20-11-3-2-8(5-10(11)15)18-13(19)9-4-7(16)6-17-12(9)14/h2-6H,16H2,1H3,(H,18,19). The first-order valence-corrected chi connectivity index (χ1v) is 5.95. The first-order chi connectivity index (χ1) is 9.51. The molecule has 0 saturated carbocycles. The smallest absolute Gasteiger partial charge is 0.258 e. The van der Waals surface area contributed by atoms with Gasteiger partial charge < -0.3 is 15.8 Å². The number of nitrogens with two attached hydrogens (primary N) is 1. The molecule has 0 aliphatic heterocycles. The van der Waals surface area contributed by atoms with Crippen molar-refractivity contribution in [2.45, 2.75) is 0 Å². The van der Waals surface area contributed by atoms with E-state index in [4.69, 9.17) is 22.1 Å². The predicted octanol–water partition coefficient (Wildman–Crippen LogP) is 2.72. The Hall–Kier alpha value is -2.34. The van der Waals surface area contributed by atoms with E-state index < -0.39 is 11.7 Å². The molecule has 1 aromatic heterocycles. The molecule has 104 valence electrons. The van der Waals surface area contributed by atoms with Crippen LogP contribution in [0.1, 0.15) is 10.4 Å². The summed E-state index contributed by atoms with van der Waals surface area (Å²) in [5.74, 6) is -1.02. The van der Waals surface area contributed by atoms with Crippen LogP contribution in [0.4, 0.5) is 15.8 Å². The van der Waals surface area contributed by atoms with Crippen LogP contribution in [0.25, 0.3) is 0 Å². The van der Waals surface area contributed by atoms with Gasteiger partial charge in [0, 0.05) is 11.8 Å². The van der Waals surface area contributed by atoms with Gasteiger partial charge in [-0.05, 0) is 18.2 Å². The van der Waals surface area contributed by atoms with Crippen molar-refractivity contribution in [3.8, 4) is 5.75 Å². The van der Waals surface area contributed by atoms with Gasteiger partial charge in [-0.1, -0.05) is 11.6 Å². The molecule has 0 aliphatic rings. The Balaban J connectivity index is 2.23. The van der Waals surface area contributed by atoms with Gasteiger partial charge in [-0.2, -0.15) is 0 Å². The lowest BCUT2D eigenvalue weighted by atomic mass is 10.2. The molecule has 1 aromatic carbocycles. The maximum Gasteiger partial charge on any atom is 0.258 e. The first-order valence-electron chi connectivity index (χ1n) is 5.57. The Morgan fingerprint density at radius 1 is 1.45 bits per heavy atom. The Kier molecular flexibility index (Phi) is 4.05. The molecule has 0 fully saturated rings. The lowest BCUT2D eigenvalue weighted by molar-refractivity contribution is 0.102. The van der Waals surface area contributed by atoms with Crippen LogP contribution in [0.15, 0.2) is 30.5 Å². The van der Waals surface area contributed by atoms with E-state index in [2.05, 4.69) is 10.3 Å². The van der Waals surface area contributed by atoms with E-state index in [0.717, 1.165) is 6.07 Å². The Morgan fingerprint density at radius 2 is 2.20 bits per heavy atom. The third-order valence-corrected chi connectivity index (χ3v) is 2.82. The number of nitrogens with one attached hydrogen (secondary N) is 1. The van der Waals surface area contributed by atoms with Gasteiger partial charge >= 0.3 is 0 Å². The number of nitrogen functional groups attached to an aromatic ring is 1. The summed E-state index contributed by atoms with van der Waals surface area (Å²) in [5, 5.41) is 2.52. The van der Waals surface area contributed by atoms with Crippen LogP contribution in [0, 0.1) is 5.82 Å². The van der Waals surface area contributed by atoms with Gasteiger partial charge in [-0.15, -0.1) is 0 Å². The van der Waals surface area contributed by atoms with Crippen LogP contribution in [-0.2, 0) is 0 Å². The van der Waals surface area contributed by atoms with Gasteiger partial charge in [-0.3, -0.25) is 4.79 Å². The highest BCUT2D eigenvalue weighted by molar-refractivity contribution is 6.33. The van der Waals surface area contributed by atoms with Crippen LogP contribution in [0.3, 0.4) is 0 Å². The molecule has 0 saturated heterocycles. The molecule has 0 aliphatic carbocycles. The molecule has 0 radical (unpaired) electrons. The van der Waals surface area contributed by atoms with Gasteiger partial charge in [0.15, 0.2) is 11.6 Å². The maximum atomic E-state index is 13.5. The van der Waals surface area contributed by atoms with Crippen molar-refractivity contribution < 1.29 is 13.9 Å². The number of carbonyl (C=O) groups excluding carboxylic acids is 1. The summed E-state index contributed by atoms with van der Waals surface area (Å²) in [6, 6.07) is 5.45. The number of benzene rings is 1. The normalized spacial score (nSPS) is 10.2. The van der Waals surface area contributed by atoms with Crippen molar-refractivity contribution in [3.63, 3.8) is 0 Å². The average Bonchev–Trinajstić information content (AvgIpc) is 2.41. The highest BCUT2D eigenvalue weighted by Crippen LogP contribution is 2.22. The van der Waals surface area contributed by atoms with Crippen LogP contribution in [-0.4, -0.2) is 18.0 Å². The van der Waals surface area contributed by atoms with Gasteiger partial charge in [0.2, 0.25) is 0 Å². The summed E-state index contributed by atoms with van der Waals surface area (Å²) in [6.07, 6.45) is 1.34. The summed E-state index contributed by atoms with van der Waals surface area (Å²) in [4.78, 5) is 15.8. The topological polar surface area (TPSA) is 77.2 Å². The number of hydrogen-bond acceptors (Lipinski definition) is 4. The second-order valence-corrected chi connectivity index (χ2v) is 4.27. The SMILES string of the molecule is COc1ccc(NC(=O)c2cc(N)cnc2Cl)cc1F. The molecule has 1 heterocycles. The van der Waals surface area contributed by atoms with Crippen molar-refractivity contribution in [1.82, 2.24) is 4.98 Å². The lowest BCUT2D eigenvalue weighted by Gasteiger charge is -2.08. The third-order valence-electron chi connectivity index (χ3n) is 2.51. The molecular formula is C13H11ClFN3O2. The Labute approximate surface area is 119 Å². The number of halogens is 2. The van der Waals surface area contributed by atoms with E-state index in [1.165, 1.54) is 31.5 Å². The van der Waals surface area contributed by atoms with E-state index >= 15 is 0 Å². The van der Waals surface area contributed by atoms with E-state index in [1.807, 2.05) is 0 Å². The number of methoxy groups -OCH3 is 1. The highest BCUT2D eigenvalue weighted by Gasteiger charge is 2.13. The monoisotopic (exact) mass is 295 g/mol. The summed E-state index contributed by atoms with van der Waals surface area (Å²) in [7, 11) is 1.36. The molecule has 20 heavy (non-hydrogen) atoms. The highest BCUT2D eigenvalue weighted by atomic mass is 35.5. The van der Waals surface area contributed by atoms with Crippen LogP contribution in [0.5, 0.6) is 5.75 Å². The number of anilines is 2. The molecule has 7 heteroatoms. The fourth-order valence-electron chi connectivity index (χ4n) is 1.57. The first kappa shape index (κ1) is 14.1. The average molecular weight is 296 g/mol. The number of hydrogen-bond donors (Lipinski definition) is 2. The summed E-state index contributed by atoms with van der Waals surface area (Å²) < 4.78 is 18.3. The van der Waals surface area contributed by atoms with Gasteiger partial charge in [0.1, 0.15) is 5.15 Å². The number of nitrogens with zero attached hydrogens (tertiary/aromatic N) is 1. The molecular weight excluding hydrogens is 285 g/mol. The molecule has 3 N–H and O–H groups in total. The molecule has 5 nitrogen and oxygen atoms in total. The number of pyridine rings is 1. The molecule has 0 atom stereocenters. The van der Waals surface area contributed by atoms with Crippen molar-refractivity contribution in [2.24, 2.45) is 0 Å². The van der Waals surface area contributed by atoms with Crippen molar-refractivity contribution >= 4 is 28.9 Å². The van der Waals surface area contributed by atoms with Crippen LogP contribution >= 0.6 is 11.6 Å². The summed E-state index contributed by atoms with van der Waals surface area (Å²) >= 11 is 5.81. The number of ether oxygens (including phenoxy) is 1. The number of aromatic nitrogens is 1. The minimum atomic E-state index is -0.581. The minimum absolute atomic E-state index is 0.0192. The van der Waals surface area contributed by atoms with Gasteiger partial charge in [0.25, 0.3) is 5.91 Å². The second kappa shape index (κ2) is 5.75. The Bertz CT molecular complexity index is 664. The number of carbonyl (C=O) groups is 1. The lowest BCUT2D eigenvalue weighted by Crippen LogP contribution is -2.13. The fourth-order valence-corrected chi connectivity index (χ4v) is 1.76. The zero-order valence-electron chi connectivity index (χ0n) is 10.5. The molecule has 2 aromatic rings. The Morgan fingerprint density at radius 3 is 2.85 bits per heavy atom. The second-order valence-electron chi connectivity index (χ2n) is 3.91. The molecule has 0 bridgehead atoms. The van der Waals surface area contributed by atoms with Crippen LogP contribution in [0.2, 0.25) is 5.15 Å². The minimum Gasteiger partial charge on any atom is -0.494 e. The number of amides is 1. The van der Waals surface area contributed by atoms with Crippen molar-refractivity contribution in [3.05, 3.63) is 47.0 Å². The molecule has 1 amide bonds. The van der Waals surface area contributed by atoms with Gasteiger partial charge in [-0.25, -0.2) is 9.37 Å². The van der Waals surface area contributed by atoms with Gasteiger partial charge in [0.05, 0.1) is 24.6 Å². The van der Waals surface area contributed by atoms with Crippen LogP contribution < -0.4 is 15.8 Å². The maximum absolute atomic E-state index is 13.5. The third kappa shape index (κ3) is 2.97. The molecule has 0 unspecified atom stereocenters. The van der Waals surface area contributed by atoms with E-state index in [1.54, 1.807) is 0 Å².